The fourth-order valence-electron chi connectivity index (χ4n) is 0.986. The number of nitrogens with zero attached hydrogens (tertiary/aromatic N) is 1. The molecule has 0 fully saturated rings. The SMILES string of the molecule is CC.CCCN(C)CC(C)OC. The second-order valence-electron chi connectivity index (χ2n) is 2.81. The molecule has 0 bridgehead atoms. The molecule has 0 radical (unpaired) electrons. The maximum atomic E-state index is 5.13. The molecule has 76 valence electrons. The van der Waals surface area contributed by atoms with Crippen molar-refractivity contribution < 1.29 is 4.74 Å². The Hall–Kier alpha value is -0.0800. The number of rotatable bonds is 5. The van der Waals surface area contributed by atoms with E-state index >= 15 is 0 Å². The van der Waals surface area contributed by atoms with E-state index in [1.165, 1.54) is 6.42 Å². The molecule has 0 aromatic heterocycles. The Bertz CT molecular complexity index is 76.2. The van der Waals surface area contributed by atoms with Crippen LogP contribution >= 0.6 is 0 Å². The molecule has 0 N–H and O–H groups in total. The molecular formula is C10H25NO. The first-order chi connectivity index (χ1) is 5.70. The van der Waals surface area contributed by atoms with Gasteiger partial charge in [-0.2, -0.15) is 0 Å². The van der Waals surface area contributed by atoms with Gasteiger partial charge < -0.3 is 9.64 Å². The third kappa shape index (κ3) is 9.92. The molecule has 1 unspecified atom stereocenters. The van der Waals surface area contributed by atoms with Crippen molar-refractivity contribution in [3.63, 3.8) is 0 Å². The van der Waals surface area contributed by atoms with Crippen molar-refractivity contribution >= 4 is 0 Å². The van der Waals surface area contributed by atoms with Crippen molar-refractivity contribution in [2.45, 2.75) is 40.2 Å². The standard InChI is InChI=1S/C8H19NO.C2H6/c1-5-6-9(3)7-8(2)10-4;1-2/h8H,5-7H2,1-4H3;1-2H3. The van der Waals surface area contributed by atoms with Crippen LogP contribution in [0.1, 0.15) is 34.1 Å². The highest BCUT2D eigenvalue weighted by Gasteiger charge is 2.02. The quantitative estimate of drug-likeness (QED) is 0.636. The molecule has 0 aliphatic carbocycles. The molecule has 0 rings (SSSR count). The van der Waals surface area contributed by atoms with Crippen LogP contribution in [0.2, 0.25) is 0 Å². The van der Waals surface area contributed by atoms with Crippen molar-refractivity contribution in [2.24, 2.45) is 0 Å². The van der Waals surface area contributed by atoms with E-state index in [-0.39, 0.29) is 0 Å². The van der Waals surface area contributed by atoms with Gasteiger partial charge in [-0.3, -0.25) is 0 Å². The molecule has 0 spiro atoms. The Morgan fingerprint density at radius 1 is 1.33 bits per heavy atom. The molecule has 0 aliphatic heterocycles. The Morgan fingerprint density at radius 3 is 2.17 bits per heavy atom. The first-order valence-corrected chi connectivity index (χ1v) is 4.92. The molecule has 1 atom stereocenters. The zero-order chi connectivity index (χ0) is 9.98. The second-order valence-corrected chi connectivity index (χ2v) is 2.81. The minimum atomic E-state index is 0.358. The Labute approximate surface area is 77.9 Å². The summed E-state index contributed by atoms with van der Waals surface area (Å²) in [4.78, 5) is 2.29. The lowest BCUT2D eigenvalue weighted by Crippen LogP contribution is -2.28. The predicted molar refractivity (Wildman–Crippen MR) is 55.6 cm³/mol. The van der Waals surface area contributed by atoms with Gasteiger partial charge in [0, 0.05) is 13.7 Å². The first-order valence-electron chi connectivity index (χ1n) is 4.92. The van der Waals surface area contributed by atoms with Crippen LogP contribution in [0.3, 0.4) is 0 Å². The van der Waals surface area contributed by atoms with E-state index in [2.05, 4.69) is 25.8 Å². The van der Waals surface area contributed by atoms with Gasteiger partial charge in [-0.05, 0) is 26.9 Å². The largest absolute Gasteiger partial charge is 0.380 e. The molecule has 0 saturated carbocycles. The normalized spacial score (nSPS) is 12.2. The van der Waals surface area contributed by atoms with Crippen LogP contribution in [0, 0.1) is 0 Å². The van der Waals surface area contributed by atoms with Crippen molar-refractivity contribution in [1.82, 2.24) is 4.90 Å². The molecular weight excluding hydrogens is 150 g/mol. The summed E-state index contributed by atoms with van der Waals surface area (Å²) in [6, 6.07) is 0. The zero-order valence-electron chi connectivity index (χ0n) is 9.55. The minimum Gasteiger partial charge on any atom is -0.380 e. The summed E-state index contributed by atoms with van der Waals surface area (Å²) in [5.74, 6) is 0. The highest BCUT2D eigenvalue weighted by Crippen LogP contribution is 1.92. The monoisotopic (exact) mass is 175 g/mol. The van der Waals surface area contributed by atoms with Gasteiger partial charge in [0.1, 0.15) is 0 Å². The summed E-state index contributed by atoms with van der Waals surface area (Å²) in [6.45, 7) is 10.5. The summed E-state index contributed by atoms with van der Waals surface area (Å²) < 4.78 is 5.13. The average molecular weight is 175 g/mol. The maximum Gasteiger partial charge on any atom is 0.0669 e. The Balaban J connectivity index is 0. The van der Waals surface area contributed by atoms with Crippen LogP contribution in [0.4, 0.5) is 0 Å². The summed E-state index contributed by atoms with van der Waals surface area (Å²) in [7, 11) is 3.88. The van der Waals surface area contributed by atoms with Crippen molar-refractivity contribution in [3.05, 3.63) is 0 Å². The summed E-state index contributed by atoms with van der Waals surface area (Å²) in [5, 5.41) is 0. The van der Waals surface area contributed by atoms with Gasteiger partial charge in [0.05, 0.1) is 6.10 Å². The molecule has 12 heavy (non-hydrogen) atoms. The number of ether oxygens (including phenoxy) is 1. The van der Waals surface area contributed by atoms with Gasteiger partial charge in [0.25, 0.3) is 0 Å². The fraction of sp³-hybridized carbons (Fsp3) is 1.00. The summed E-state index contributed by atoms with van der Waals surface area (Å²) in [5.41, 5.74) is 0. The van der Waals surface area contributed by atoms with Gasteiger partial charge in [0.2, 0.25) is 0 Å². The average Bonchev–Trinajstić information content (AvgIpc) is 2.08. The highest BCUT2D eigenvalue weighted by molar-refractivity contribution is 4.55. The van der Waals surface area contributed by atoms with Gasteiger partial charge >= 0.3 is 0 Å². The molecule has 0 aliphatic rings. The van der Waals surface area contributed by atoms with Crippen LogP contribution in [0.15, 0.2) is 0 Å². The Morgan fingerprint density at radius 2 is 1.83 bits per heavy atom. The first kappa shape index (κ1) is 14.4. The molecule has 0 aromatic carbocycles. The van der Waals surface area contributed by atoms with Crippen molar-refractivity contribution in [1.29, 1.82) is 0 Å². The van der Waals surface area contributed by atoms with E-state index < -0.39 is 0 Å². The minimum absolute atomic E-state index is 0.358. The van der Waals surface area contributed by atoms with E-state index in [1.807, 2.05) is 13.8 Å². The Kier molecular flexibility index (Phi) is 13.1. The molecule has 0 aromatic rings. The van der Waals surface area contributed by atoms with Gasteiger partial charge in [-0.25, -0.2) is 0 Å². The summed E-state index contributed by atoms with van der Waals surface area (Å²) in [6.07, 6.45) is 1.57. The molecule has 2 heteroatoms. The van der Waals surface area contributed by atoms with Gasteiger partial charge in [0.15, 0.2) is 0 Å². The van der Waals surface area contributed by atoms with Crippen molar-refractivity contribution in [2.75, 3.05) is 27.2 Å². The molecule has 0 amide bonds. The molecule has 2 nitrogen and oxygen atoms in total. The lowest BCUT2D eigenvalue weighted by molar-refractivity contribution is 0.0858. The molecule has 0 heterocycles. The number of methoxy groups -OCH3 is 1. The number of likely N-dealkylation sites (N-methyl/N-ethyl adjacent to an activating group) is 1. The highest BCUT2D eigenvalue weighted by atomic mass is 16.5. The second kappa shape index (κ2) is 10.9. The summed E-state index contributed by atoms with van der Waals surface area (Å²) >= 11 is 0. The predicted octanol–water partition coefficient (Wildman–Crippen LogP) is 2.39. The fourth-order valence-corrected chi connectivity index (χ4v) is 0.986. The van der Waals surface area contributed by atoms with E-state index in [4.69, 9.17) is 4.74 Å². The maximum absolute atomic E-state index is 5.13. The van der Waals surface area contributed by atoms with Crippen LogP contribution in [-0.2, 0) is 4.74 Å². The van der Waals surface area contributed by atoms with E-state index in [1.54, 1.807) is 7.11 Å². The van der Waals surface area contributed by atoms with E-state index in [9.17, 15) is 0 Å². The lowest BCUT2D eigenvalue weighted by Gasteiger charge is -2.19. The van der Waals surface area contributed by atoms with Crippen LogP contribution in [0.25, 0.3) is 0 Å². The smallest absolute Gasteiger partial charge is 0.0669 e. The van der Waals surface area contributed by atoms with Gasteiger partial charge in [-0.1, -0.05) is 20.8 Å². The lowest BCUT2D eigenvalue weighted by atomic mass is 10.3. The van der Waals surface area contributed by atoms with Gasteiger partial charge in [-0.15, -0.1) is 0 Å². The molecule has 0 saturated heterocycles. The van der Waals surface area contributed by atoms with E-state index in [0.717, 1.165) is 13.1 Å². The number of hydrogen-bond donors (Lipinski definition) is 0. The topological polar surface area (TPSA) is 12.5 Å². The van der Waals surface area contributed by atoms with E-state index in [0.29, 0.717) is 6.10 Å². The third-order valence-corrected chi connectivity index (χ3v) is 1.58. The van der Waals surface area contributed by atoms with Crippen molar-refractivity contribution in [3.8, 4) is 0 Å². The van der Waals surface area contributed by atoms with Crippen LogP contribution < -0.4 is 0 Å². The van der Waals surface area contributed by atoms with Crippen LogP contribution in [-0.4, -0.2) is 38.3 Å². The number of hydrogen-bond acceptors (Lipinski definition) is 2. The third-order valence-electron chi connectivity index (χ3n) is 1.58. The zero-order valence-corrected chi connectivity index (χ0v) is 9.55. The van der Waals surface area contributed by atoms with Crippen LogP contribution in [0.5, 0.6) is 0 Å².